The molecule has 0 spiro atoms. The molecule has 0 bridgehead atoms. The smallest absolute Gasteiger partial charge is 0.00665 e. The monoisotopic (exact) mass is 260 g/mol. The van der Waals surface area contributed by atoms with Crippen LogP contribution in [-0.4, -0.2) is 5.48 Å². The van der Waals surface area contributed by atoms with E-state index in [9.17, 15) is 0 Å². The highest BCUT2D eigenvalue weighted by Gasteiger charge is 2.48. The number of hydrogen-bond donors (Lipinski definition) is 0. The van der Waals surface area contributed by atoms with Crippen LogP contribution < -0.4 is 0 Å². The molecule has 1 heteroatoms. The maximum Gasteiger partial charge on any atom is -0.00665 e. The van der Waals surface area contributed by atoms with Crippen molar-refractivity contribution in [2.24, 2.45) is 5.92 Å². The van der Waals surface area contributed by atoms with E-state index in [4.69, 9.17) is 0 Å². The molecule has 0 heterocycles. The molecule has 1 atom stereocenters. The van der Waals surface area contributed by atoms with E-state index in [1.165, 1.54) is 27.8 Å². The first-order chi connectivity index (χ1) is 8.10. The molecule has 0 aromatic heterocycles. The van der Waals surface area contributed by atoms with Crippen molar-refractivity contribution in [3.63, 3.8) is 0 Å². The van der Waals surface area contributed by atoms with Crippen LogP contribution in [0.2, 0.25) is 0 Å². The van der Waals surface area contributed by atoms with Crippen LogP contribution in [0.4, 0.5) is 0 Å². The average Bonchev–Trinajstić information content (AvgIpc) is 2.37. The van der Waals surface area contributed by atoms with Crippen molar-refractivity contribution in [2.45, 2.75) is 59.3 Å². The van der Waals surface area contributed by atoms with Gasteiger partial charge in [-0.3, -0.25) is 0 Å². The van der Waals surface area contributed by atoms with Gasteiger partial charge in [0.2, 0.25) is 0 Å². The fourth-order valence-corrected chi connectivity index (χ4v) is 3.60. The van der Waals surface area contributed by atoms with Gasteiger partial charge < -0.3 is 5.48 Å². The molecule has 106 valence electrons. The zero-order valence-corrected chi connectivity index (χ0v) is 13.4. The fourth-order valence-electron chi connectivity index (χ4n) is 3.60. The second-order valence-corrected chi connectivity index (χ2v) is 7.16. The first-order valence-corrected chi connectivity index (χ1v) is 6.91. The lowest BCUT2D eigenvalue weighted by atomic mass is 9.71. The Morgan fingerprint density at radius 2 is 1.47 bits per heavy atom. The van der Waals surface area contributed by atoms with Crippen molar-refractivity contribution < 1.29 is 5.48 Å². The van der Waals surface area contributed by atoms with Crippen molar-refractivity contribution in [1.82, 2.24) is 0 Å². The SMILES string of the molecule is C=C(C)c1cc2c(cc1C)C(C)(C)C(C)C2(C)C.O. The van der Waals surface area contributed by atoms with E-state index in [0.29, 0.717) is 5.92 Å². The van der Waals surface area contributed by atoms with Crippen molar-refractivity contribution in [3.8, 4) is 0 Å². The van der Waals surface area contributed by atoms with Crippen LogP contribution in [0.3, 0.4) is 0 Å². The highest BCUT2D eigenvalue weighted by Crippen LogP contribution is 2.54. The normalized spacial score (nSPS) is 22.6. The van der Waals surface area contributed by atoms with E-state index >= 15 is 0 Å². The molecule has 0 saturated carbocycles. The lowest BCUT2D eigenvalue weighted by molar-refractivity contribution is 0.264. The number of benzene rings is 1. The van der Waals surface area contributed by atoms with Crippen LogP contribution in [0.1, 0.15) is 63.8 Å². The first kappa shape index (κ1) is 16.0. The molecule has 0 saturated heterocycles. The molecule has 2 N–H and O–H groups in total. The maximum atomic E-state index is 4.11. The van der Waals surface area contributed by atoms with Crippen molar-refractivity contribution in [2.75, 3.05) is 0 Å². The second-order valence-electron chi connectivity index (χ2n) is 7.16. The summed E-state index contributed by atoms with van der Waals surface area (Å²) in [5, 5.41) is 0. The summed E-state index contributed by atoms with van der Waals surface area (Å²) in [6.45, 7) is 20.3. The molecule has 1 aromatic carbocycles. The fraction of sp³-hybridized carbons (Fsp3) is 0.556. The van der Waals surface area contributed by atoms with Crippen LogP contribution >= 0.6 is 0 Å². The topological polar surface area (TPSA) is 31.5 Å². The Morgan fingerprint density at radius 1 is 1.05 bits per heavy atom. The average molecular weight is 260 g/mol. The van der Waals surface area contributed by atoms with E-state index in [2.05, 4.69) is 67.2 Å². The van der Waals surface area contributed by atoms with E-state index in [1.807, 2.05) is 0 Å². The molecule has 0 radical (unpaired) electrons. The minimum absolute atomic E-state index is 0. The van der Waals surface area contributed by atoms with Gasteiger partial charge in [0.05, 0.1) is 0 Å². The molecule has 1 aliphatic rings. The molecule has 2 rings (SSSR count). The summed E-state index contributed by atoms with van der Waals surface area (Å²) in [6, 6.07) is 4.78. The van der Waals surface area contributed by atoms with E-state index < -0.39 is 0 Å². The highest BCUT2D eigenvalue weighted by molar-refractivity contribution is 5.67. The largest absolute Gasteiger partial charge is 0.412 e. The maximum absolute atomic E-state index is 4.11. The Kier molecular flexibility index (Phi) is 3.77. The lowest BCUT2D eigenvalue weighted by Gasteiger charge is -2.32. The minimum Gasteiger partial charge on any atom is -0.412 e. The van der Waals surface area contributed by atoms with E-state index in [0.717, 1.165) is 0 Å². The van der Waals surface area contributed by atoms with Gasteiger partial charge in [-0.15, -0.1) is 0 Å². The predicted octanol–water partition coefficient (Wildman–Crippen LogP) is 4.41. The number of rotatable bonds is 1. The minimum atomic E-state index is 0. The summed E-state index contributed by atoms with van der Waals surface area (Å²) >= 11 is 0. The number of allylic oxidation sites excluding steroid dienone is 1. The summed E-state index contributed by atoms with van der Waals surface area (Å²) < 4.78 is 0. The molecule has 1 aromatic rings. The van der Waals surface area contributed by atoms with Crippen LogP contribution in [0.5, 0.6) is 0 Å². The third-order valence-corrected chi connectivity index (χ3v) is 5.38. The highest BCUT2D eigenvalue weighted by atomic mass is 16.0. The van der Waals surface area contributed by atoms with Gasteiger partial charge in [-0.05, 0) is 52.8 Å². The standard InChI is InChI=1S/C18H26.H2O/c1-11(2)14-10-16-15(9-12(14)3)17(5,6)13(4)18(16,7)8;/h9-10,13H,1H2,2-8H3;1H2. The number of hydrogen-bond acceptors (Lipinski definition) is 0. The lowest BCUT2D eigenvalue weighted by Crippen LogP contribution is -2.30. The van der Waals surface area contributed by atoms with Gasteiger partial charge in [-0.1, -0.05) is 58.9 Å². The summed E-state index contributed by atoms with van der Waals surface area (Å²) in [6.07, 6.45) is 0. The zero-order chi connectivity index (χ0) is 13.9. The molecule has 1 nitrogen and oxygen atoms in total. The molecule has 1 unspecified atom stereocenters. The predicted molar refractivity (Wildman–Crippen MR) is 84.7 cm³/mol. The van der Waals surface area contributed by atoms with Gasteiger partial charge in [0.25, 0.3) is 0 Å². The molecule has 0 amide bonds. The summed E-state index contributed by atoms with van der Waals surface area (Å²) in [7, 11) is 0. The van der Waals surface area contributed by atoms with Gasteiger partial charge in [-0.2, -0.15) is 0 Å². The Balaban J connectivity index is 0.00000180. The molecule has 19 heavy (non-hydrogen) atoms. The Bertz CT molecular complexity index is 521. The Hall–Kier alpha value is -1.08. The van der Waals surface area contributed by atoms with Gasteiger partial charge in [-0.25, -0.2) is 0 Å². The molecular formula is C18H28O. The quantitative estimate of drug-likeness (QED) is 0.716. The summed E-state index contributed by atoms with van der Waals surface area (Å²) in [5.74, 6) is 0.653. The van der Waals surface area contributed by atoms with Gasteiger partial charge in [0.15, 0.2) is 0 Å². The van der Waals surface area contributed by atoms with Crippen LogP contribution in [0.15, 0.2) is 18.7 Å². The van der Waals surface area contributed by atoms with Crippen molar-refractivity contribution >= 4 is 5.57 Å². The molecule has 0 fully saturated rings. The van der Waals surface area contributed by atoms with Crippen LogP contribution in [0.25, 0.3) is 5.57 Å². The van der Waals surface area contributed by atoms with Crippen LogP contribution in [0, 0.1) is 12.8 Å². The first-order valence-electron chi connectivity index (χ1n) is 6.91. The van der Waals surface area contributed by atoms with Gasteiger partial charge >= 0.3 is 0 Å². The van der Waals surface area contributed by atoms with Crippen molar-refractivity contribution in [1.29, 1.82) is 0 Å². The second kappa shape index (κ2) is 4.49. The molecule has 1 aliphatic carbocycles. The third-order valence-electron chi connectivity index (χ3n) is 5.38. The molecular weight excluding hydrogens is 232 g/mol. The molecule has 0 aliphatic heterocycles. The van der Waals surface area contributed by atoms with Gasteiger partial charge in [0.1, 0.15) is 0 Å². The third kappa shape index (κ3) is 2.04. The van der Waals surface area contributed by atoms with E-state index in [1.54, 1.807) is 0 Å². The van der Waals surface area contributed by atoms with Crippen molar-refractivity contribution in [3.05, 3.63) is 41.0 Å². The zero-order valence-electron chi connectivity index (χ0n) is 13.4. The number of aryl methyl sites for hydroxylation is 1. The Labute approximate surface area is 118 Å². The van der Waals surface area contributed by atoms with Crippen LogP contribution in [-0.2, 0) is 10.8 Å². The Morgan fingerprint density at radius 3 is 1.89 bits per heavy atom. The van der Waals surface area contributed by atoms with E-state index in [-0.39, 0.29) is 16.3 Å². The summed E-state index contributed by atoms with van der Waals surface area (Å²) in [5.41, 5.74) is 7.41. The number of fused-ring (bicyclic) bond motifs is 1. The van der Waals surface area contributed by atoms with Gasteiger partial charge in [0, 0.05) is 0 Å². The summed E-state index contributed by atoms with van der Waals surface area (Å²) in [4.78, 5) is 0.